The molecule has 2 aromatic rings. The van der Waals surface area contributed by atoms with Gasteiger partial charge in [-0.3, -0.25) is 4.79 Å². The Hall–Kier alpha value is -0.940. The molecular formula is C17H20Cl2N2OS. The minimum atomic E-state index is 0. The van der Waals surface area contributed by atoms with E-state index in [0.29, 0.717) is 11.8 Å². The van der Waals surface area contributed by atoms with E-state index in [9.17, 15) is 4.79 Å². The van der Waals surface area contributed by atoms with Crippen molar-refractivity contribution in [2.24, 2.45) is 0 Å². The number of hydrogen-bond acceptors (Lipinski definition) is 3. The number of amides is 1. The zero-order chi connectivity index (χ0) is 15.5. The third kappa shape index (κ3) is 4.13. The first-order chi connectivity index (χ1) is 10.7. The van der Waals surface area contributed by atoms with Crippen molar-refractivity contribution in [3.8, 4) is 0 Å². The van der Waals surface area contributed by atoms with E-state index in [4.69, 9.17) is 11.6 Å². The van der Waals surface area contributed by atoms with E-state index in [1.165, 1.54) is 0 Å². The molecule has 0 radical (unpaired) electrons. The highest BCUT2D eigenvalue weighted by Crippen LogP contribution is 2.33. The summed E-state index contributed by atoms with van der Waals surface area (Å²) >= 11 is 7.89. The zero-order valence-corrected chi connectivity index (χ0v) is 15.3. The van der Waals surface area contributed by atoms with Gasteiger partial charge in [-0.1, -0.05) is 35.9 Å². The van der Waals surface area contributed by atoms with Gasteiger partial charge >= 0.3 is 0 Å². The summed E-state index contributed by atoms with van der Waals surface area (Å²) in [6, 6.07) is 12.3. The van der Waals surface area contributed by atoms with Crippen molar-refractivity contribution in [2.45, 2.75) is 17.4 Å². The highest BCUT2D eigenvalue weighted by atomic mass is 35.5. The van der Waals surface area contributed by atoms with Crippen LogP contribution in [0.4, 0.5) is 0 Å². The van der Waals surface area contributed by atoms with Crippen LogP contribution in [-0.2, 0) is 4.79 Å². The molecule has 0 aliphatic carbocycles. The third-order valence-electron chi connectivity index (χ3n) is 4.14. The molecule has 6 heteroatoms. The van der Waals surface area contributed by atoms with Gasteiger partial charge in [-0.05, 0) is 30.5 Å². The Balaban J connectivity index is 0.00000192. The molecule has 1 atom stereocenters. The number of halogens is 2. The largest absolute Gasteiger partial charge is 0.341 e. The van der Waals surface area contributed by atoms with Crippen LogP contribution < -0.4 is 5.32 Å². The predicted octanol–water partition coefficient (Wildman–Crippen LogP) is 3.83. The van der Waals surface area contributed by atoms with Crippen LogP contribution in [0.15, 0.2) is 41.3 Å². The summed E-state index contributed by atoms with van der Waals surface area (Å²) in [6.45, 7) is 1.89. The second-order valence-corrected chi connectivity index (χ2v) is 6.96. The summed E-state index contributed by atoms with van der Waals surface area (Å²) < 4.78 is 0. The first-order valence-corrected chi connectivity index (χ1v) is 8.79. The number of nitrogens with zero attached hydrogens (tertiary/aromatic N) is 1. The Labute approximate surface area is 152 Å². The van der Waals surface area contributed by atoms with E-state index >= 15 is 0 Å². The molecule has 1 N–H and O–H groups in total. The van der Waals surface area contributed by atoms with Gasteiger partial charge < -0.3 is 10.2 Å². The maximum atomic E-state index is 12.4. The average molecular weight is 371 g/mol. The molecule has 1 fully saturated rings. The molecule has 0 spiro atoms. The number of fused-ring (bicyclic) bond motifs is 1. The lowest BCUT2D eigenvalue weighted by Crippen LogP contribution is -2.39. The van der Waals surface area contributed by atoms with E-state index in [-0.39, 0.29) is 18.3 Å². The van der Waals surface area contributed by atoms with Gasteiger partial charge in [0.2, 0.25) is 5.91 Å². The van der Waals surface area contributed by atoms with E-state index in [2.05, 4.69) is 5.32 Å². The van der Waals surface area contributed by atoms with E-state index < -0.39 is 0 Å². The fourth-order valence-corrected chi connectivity index (χ4v) is 4.17. The molecule has 1 aliphatic rings. The lowest BCUT2D eigenvalue weighted by Gasteiger charge is -2.23. The monoisotopic (exact) mass is 370 g/mol. The van der Waals surface area contributed by atoms with Crippen molar-refractivity contribution >= 4 is 52.4 Å². The van der Waals surface area contributed by atoms with Crippen LogP contribution in [0, 0.1) is 0 Å². The zero-order valence-electron chi connectivity index (χ0n) is 12.9. The molecule has 0 bridgehead atoms. The van der Waals surface area contributed by atoms with Gasteiger partial charge in [0.05, 0.1) is 5.75 Å². The summed E-state index contributed by atoms with van der Waals surface area (Å²) in [6.07, 6.45) is 1.03. The Morgan fingerprint density at radius 1 is 1.35 bits per heavy atom. The first kappa shape index (κ1) is 18.4. The Bertz CT molecular complexity index is 684. The topological polar surface area (TPSA) is 32.3 Å². The lowest BCUT2D eigenvalue weighted by atomic mass is 10.1. The van der Waals surface area contributed by atoms with Crippen molar-refractivity contribution in [1.82, 2.24) is 10.2 Å². The second kappa shape index (κ2) is 8.25. The van der Waals surface area contributed by atoms with Gasteiger partial charge in [0.15, 0.2) is 0 Å². The molecule has 1 amide bonds. The number of benzene rings is 2. The van der Waals surface area contributed by atoms with Crippen LogP contribution in [0.3, 0.4) is 0 Å². The van der Waals surface area contributed by atoms with Crippen LogP contribution in [0.5, 0.6) is 0 Å². The van der Waals surface area contributed by atoms with Crippen LogP contribution in [0.2, 0.25) is 5.02 Å². The van der Waals surface area contributed by atoms with Crippen LogP contribution >= 0.6 is 35.8 Å². The van der Waals surface area contributed by atoms with Crippen LogP contribution in [0.25, 0.3) is 10.8 Å². The number of nitrogens with one attached hydrogen (secondary N) is 1. The molecule has 3 nitrogen and oxygen atoms in total. The minimum absolute atomic E-state index is 0. The fraction of sp³-hybridized carbons (Fsp3) is 0.353. The number of thioether (sulfide) groups is 1. The lowest BCUT2D eigenvalue weighted by molar-refractivity contribution is -0.128. The molecule has 1 unspecified atom stereocenters. The fourth-order valence-electron chi connectivity index (χ4n) is 2.80. The molecule has 124 valence electrons. The van der Waals surface area contributed by atoms with Gasteiger partial charge in [-0.2, -0.15) is 0 Å². The summed E-state index contributed by atoms with van der Waals surface area (Å²) in [5.41, 5.74) is 0. The van der Waals surface area contributed by atoms with Gasteiger partial charge in [-0.15, -0.1) is 24.2 Å². The standard InChI is InChI=1S/C17H19ClN2OS.ClH/c1-20(13-8-9-19-10-13)16(21)11-22-15-7-3-5-12-4-2-6-14(18)17(12)15;/h2-7,13,19H,8-11H2,1H3;1H. The van der Waals surface area contributed by atoms with E-state index in [1.54, 1.807) is 11.8 Å². The van der Waals surface area contributed by atoms with Gasteiger partial charge in [0.1, 0.15) is 0 Å². The highest BCUT2D eigenvalue weighted by Gasteiger charge is 2.23. The Morgan fingerprint density at radius 2 is 2.09 bits per heavy atom. The summed E-state index contributed by atoms with van der Waals surface area (Å²) in [4.78, 5) is 15.3. The number of carbonyl (C=O) groups excluding carboxylic acids is 1. The third-order valence-corrected chi connectivity index (χ3v) is 5.50. The number of rotatable bonds is 4. The number of carbonyl (C=O) groups is 1. The maximum absolute atomic E-state index is 12.4. The van der Waals surface area contributed by atoms with Crippen LogP contribution in [-0.4, -0.2) is 42.7 Å². The molecule has 1 aliphatic heterocycles. The van der Waals surface area contributed by atoms with Crippen molar-refractivity contribution in [2.75, 3.05) is 25.9 Å². The van der Waals surface area contributed by atoms with Gasteiger partial charge in [-0.25, -0.2) is 0 Å². The van der Waals surface area contributed by atoms with Crippen molar-refractivity contribution in [1.29, 1.82) is 0 Å². The Morgan fingerprint density at radius 3 is 2.78 bits per heavy atom. The average Bonchev–Trinajstić information content (AvgIpc) is 3.06. The highest BCUT2D eigenvalue weighted by molar-refractivity contribution is 8.00. The number of hydrogen-bond donors (Lipinski definition) is 1. The molecular weight excluding hydrogens is 351 g/mol. The summed E-state index contributed by atoms with van der Waals surface area (Å²) in [5, 5.41) is 6.18. The predicted molar refractivity (Wildman–Crippen MR) is 101 cm³/mol. The van der Waals surface area contributed by atoms with Crippen molar-refractivity contribution in [3.63, 3.8) is 0 Å². The maximum Gasteiger partial charge on any atom is 0.232 e. The Kier molecular flexibility index (Phi) is 6.60. The SMILES string of the molecule is CN(C(=O)CSc1cccc2cccc(Cl)c12)C1CCNC1.Cl. The second-order valence-electron chi connectivity index (χ2n) is 5.53. The molecule has 1 saturated heterocycles. The summed E-state index contributed by atoms with van der Waals surface area (Å²) in [5.74, 6) is 0.611. The minimum Gasteiger partial charge on any atom is -0.341 e. The van der Waals surface area contributed by atoms with Gasteiger partial charge in [0, 0.05) is 34.9 Å². The van der Waals surface area contributed by atoms with Crippen molar-refractivity contribution < 1.29 is 4.79 Å². The van der Waals surface area contributed by atoms with E-state index in [0.717, 1.165) is 40.2 Å². The van der Waals surface area contributed by atoms with E-state index in [1.807, 2.05) is 48.3 Å². The van der Waals surface area contributed by atoms with Gasteiger partial charge in [0.25, 0.3) is 0 Å². The molecule has 0 aromatic heterocycles. The molecule has 0 saturated carbocycles. The quantitative estimate of drug-likeness (QED) is 0.830. The number of likely N-dealkylation sites (N-methyl/N-ethyl adjacent to an activating group) is 1. The smallest absolute Gasteiger partial charge is 0.232 e. The molecule has 2 aromatic carbocycles. The van der Waals surface area contributed by atoms with Crippen molar-refractivity contribution in [3.05, 3.63) is 41.4 Å². The molecule has 23 heavy (non-hydrogen) atoms. The first-order valence-electron chi connectivity index (χ1n) is 7.43. The summed E-state index contributed by atoms with van der Waals surface area (Å²) in [7, 11) is 1.90. The molecule has 1 heterocycles. The normalized spacial score (nSPS) is 17.0. The van der Waals surface area contributed by atoms with Crippen LogP contribution in [0.1, 0.15) is 6.42 Å². The molecule has 3 rings (SSSR count).